The molecule has 118 valence electrons. The zero-order valence-electron chi connectivity index (χ0n) is 12.2. The predicted molar refractivity (Wildman–Crippen MR) is 85.1 cm³/mol. The summed E-state index contributed by atoms with van der Waals surface area (Å²) >= 11 is 0. The molecular weight excluding hydrogens is 291 g/mol. The van der Waals surface area contributed by atoms with Gasteiger partial charge in [-0.3, -0.25) is 4.79 Å². The first-order chi connectivity index (χ1) is 9.66. The van der Waals surface area contributed by atoms with E-state index < -0.39 is 0 Å². The van der Waals surface area contributed by atoms with Gasteiger partial charge in [0, 0.05) is 24.9 Å². The molecular formula is C16H24ClFN2O. The third-order valence-corrected chi connectivity index (χ3v) is 4.24. The van der Waals surface area contributed by atoms with Gasteiger partial charge in [-0.2, -0.15) is 0 Å². The molecule has 1 saturated carbocycles. The first-order valence-electron chi connectivity index (χ1n) is 7.39. The predicted octanol–water partition coefficient (Wildman–Crippen LogP) is 2.91. The molecule has 0 atom stereocenters. The molecule has 0 aromatic heterocycles. The Labute approximate surface area is 131 Å². The summed E-state index contributed by atoms with van der Waals surface area (Å²) in [5, 5.41) is 2.97. The highest BCUT2D eigenvalue weighted by molar-refractivity contribution is 5.85. The van der Waals surface area contributed by atoms with Crippen LogP contribution in [0, 0.1) is 5.82 Å². The zero-order valence-corrected chi connectivity index (χ0v) is 13.1. The Morgan fingerprint density at radius 3 is 2.62 bits per heavy atom. The minimum absolute atomic E-state index is 0. The van der Waals surface area contributed by atoms with Crippen molar-refractivity contribution in [2.45, 2.75) is 43.9 Å². The van der Waals surface area contributed by atoms with E-state index in [1.54, 1.807) is 12.1 Å². The first kappa shape index (κ1) is 17.9. The number of nitrogens with two attached hydrogens (primary N) is 1. The lowest BCUT2D eigenvalue weighted by atomic mass is 9.69. The standard InChI is InChI=1S/C16H23FN2O.ClH/c17-14-6-4-5-13(11-14)16(8-2-1-3-9-16)12-19-15(20)7-10-18;/h4-6,11H,1-3,7-10,12,18H2,(H,19,20);1H. The molecule has 0 saturated heterocycles. The number of rotatable bonds is 5. The summed E-state index contributed by atoms with van der Waals surface area (Å²) in [5.41, 5.74) is 6.28. The van der Waals surface area contributed by atoms with Crippen molar-refractivity contribution < 1.29 is 9.18 Å². The lowest BCUT2D eigenvalue weighted by Crippen LogP contribution is -2.42. The SMILES string of the molecule is Cl.NCCC(=O)NCC1(c2cccc(F)c2)CCCCC1. The second-order valence-electron chi connectivity index (χ2n) is 5.67. The van der Waals surface area contributed by atoms with E-state index in [1.807, 2.05) is 6.07 Å². The average molecular weight is 315 g/mol. The Morgan fingerprint density at radius 2 is 2.00 bits per heavy atom. The van der Waals surface area contributed by atoms with Gasteiger partial charge in [-0.1, -0.05) is 31.4 Å². The number of hydrogen-bond donors (Lipinski definition) is 2. The van der Waals surface area contributed by atoms with E-state index in [9.17, 15) is 9.18 Å². The molecule has 0 radical (unpaired) electrons. The van der Waals surface area contributed by atoms with Gasteiger partial charge in [0.25, 0.3) is 0 Å². The number of hydrogen-bond acceptors (Lipinski definition) is 2. The lowest BCUT2D eigenvalue weighted by Gasteiger charge is -2.38. The number of carbonyl (C=O) groups is 1. The molecule has 2 rings (SSSR count). The molecule has 5 heteroatoms. The van der Waals surface area contributed by atoms with Crippen LogP contribution in [0.1, 0.15) is 44.1 Å². The van der Waals surface area contributed by atoms with E-state index in [-0.39, 0.29) is 29.5 Å². The normalized spacial score (nSPS) is 16.9. The highest BCUT2D eigenvalue weighted by Gasteiger charge is 2.34. The summed E-state index contributed by atoms with van der Waals surface area (Å²) < 4.78 is 13.5. The van der Waals surface area contributed by atoms with Crippen LogP contribution >= 0.6 is 12.4 Å². The van der Waals surface area contributed by atoms with Crippen LogP contribution in [0.5, 0.6) is 0 Å². The van der Waals surface area contributed by atoms with E-state index in [1.165, 1.54) is 12.5 Å². The molecule has 1 fully saturated rings. The van der Waals surface area contributed by atoms with Gasteiger partial charge in [0.1, 0.15) is 5.82 Å². The quantitative estimate of drug-likeness (QED) is 0.878. The van der Waals surface area contributed by atoms with Crippen LogP contribution in [0.2, 0.25) is 0 Å². The highest BCUT2D eigenvalue weighted by Crippen LogP contribution is 2.39. The van der Waals surface area contributed by atoms with Crippen LogP contribution in [-0.2, 0) is 10.2 Å². The Bertz CT molecular complexity index is 461. The number of benzene rings is 1. The van der Waals surface area contributed by atoms with Crippen molar-refractivity contribution in [3.05, 3.63) is 35.6 Å². The van der Waals surface area contributed by atoms with Crippen molar-refractivity contribution in [2.75, 3.05) is 13.1 Å². The van der Waals surface area contributed by atoms with Gasteiger partial charge in [0.2, 0.25) is 5.91 Å². The van der Waals surface area contributed by atoms with Gasteiger partial charge in [-0.25, -0.2) is 4.39 Å². The first-order valence-corrected chi connectivity index (χ1v) is 7.39. The summed E-state index contributed by atoms with van der Waals surface area (Å²) in [6.45, 7) is 0.939. The van der Waals surface area contributed by atoms with Crippen molar-refractivity contribution >= 4 is 18.3 Å². The van der Waals surface area contributed by atoms with Gasteiger partial charge >= 0.3 is 0 Å². The molecule has 1 aliphatic carbocycles. The number of halogens is 2. The second kappa shape index (κ2) is 8.35. The van der Waals surface area contributed by atoms with Crippen LogP contribution in [0.4, 0.5) is 4.39 Å². The van der Waals surface area contributed by atoms with E-state index in [4.69, 9.17) is 5.73 Å². The fourth-order valence-electron chi connectivity index (χ4n) is 3.10. The van der Waals surface area contributed by atoms with Gasteiger partial charge in [0.05, 0.1) is 0 Å². The summed E-state index contributed by atoms with van der Waals surface area (Å²) in [5.74, 6) is -0.227. The Hall–Kier alpha value is -1.13. The third-order valence-electron chi connectivity index (χ3n) is 4.24. The maximum absolute atomic E-state index is 13.5. The minimum Gasteiger partial charge on any atom is -0.355 e. The van der Waals surface area contributed by atoms with Gasteiger partial charge in [-0.15, -0.1) is 12.4 Å². The summed E-state index contributed by atoms with van der Waals surface area (Å²) in [6.07, 6.45) is 5.82. The third kappa shape index (κ3) is 4.68. The van der Waals surface area contributed by atoms with Crippen molar-refractivity contribution in [2.24, 2.45) is 5.73 Å². The molecule has 21 heavy (non-hydrogen) atoms. The molecule has 0 aliphatic heterocycles. The maximum atomic E-state index is 13.5. The van der Waals surface area contributed by atoms with Crippen molar-refractivity contribution in [3.8, 4) is 0 Å². The second-order valence-corrected chi connectivity index (χ2v) is 5.67. The minimum atomic E-state index is -0.208. The van der Waals surface area contributed by atoms with Gasteiger partial charge < -0.3 is 11.1 Å². The van der Waals surface area contributed by atoms with Gasteiger partial charge in [0.15, 0.2) is 0 Å². The lowest BCUT2D eigenvalue weighted by molar-refractivity contribution is -0.121. The van der Waals surface area contributed by atoms with Crippen LogP contribution in [-0.4, -0.2) is 19.0 Å². The van der Waals surface area contributed by atoms with E-state index in [2.05, 4.69) is 5.32 Å². The highest BCUT2D eigenvalue weighted by atomic mass is 35.5. The summed E-state index contributed by atoms with van der Waals surface area (Å²) in [6, 6.07) is 6.81. The molecule has 0 unspecified atom stereocenters. The summed E-state index contributed by atoms with van der Waals surface area (Å²) in [4.78, 5) is 11.7. The van der Waals surface area contributed by atoms with E-state index >= 15 is 0 Å². The van der Waals surface area contributed by atoms with Crippen LogP contribution in [0.25, 0.3) is 0 Å². The largest absolute Gasteiger partial charge is 0.355 e. The molecule has 0 heterocycles. The maximum Gasteiger partial charge on any atom is 0.221 e. The molecule has 1 aromatic rings. The Morgan fingerprint density at radius 1 is 1.29 bits per heavy atom. The zero-order chi connectivity index (χ0) is 14.4. The Balaban J connectivity index is 0.00000220. The van der Waals surface area contributed by atoms with Crippen molar-refractivity contribution in [1.82, 2.24) is 5.32 Å². The van der Waals surface area contributed by atoms with Crippen molar-refractivity contribution in [1.29, 1.82) is 0 Å². The molecule has 0 spiro atoms. The molecule has 1 amide bonds. The number of carbonyl (C=O) groups excluding carboxylic acids is 1. The number of nitrogens with one attached hydrogen (secondary N) is 1. The molecule has 1 aromatic carbocycles. The molecule has 3 N–H and O–H groups in total. The van der Waals surface area contributed by atoms with Gasteiger partial charge in [-0.05, 0) is 30.5 Å². The molecule has 3 nitrogen and oxygen atoms in total. The fraction of sp³-hybridized carbons (Fsp3) is 0.562. The molecule has 0 bridgehead atoms. The monoisotopic (exact) mass is 314 g/mol. The average Bonchev–Trinajstić information content (AvgIpc) is 2.46. The smallest absolute Gasteiger partial charge is 0.221 e. The van der Waals surface area contributed by atoms with Crippen LogP contribution in [0.3, 0.4) is 0 Å². The topological polar surface area (TPSA) is 55.1 Å². The molecule has 1 aliphatic rings. The van der Waals surface area contributed by atoms with Crippen LogP contribution in [0.15, 0.2) is 24.3 Å². The van der Waals surface area contributed by atoms with E-state index in [0.717, 1.165) is 31.2 Å². The Kier molecular flexibility index (Phi) is 7.12. The number of amides is 1. The summed E-state index contributed by atoms with van der Waals surface area (Å²) in [7, 11) is 0. The van der Waals surface area contributed by atoms with Crippen molar-refractivity contribution in [3.63, 3.8) is 0 Å². The van der Waals surface area contributed by atoms with E-state index in [0.29, 0.717) is 19.5 Å². The fourth-order valence-corrected chi connectivity index (χ4v) is 3.10. The van der Waals surface area contributed by atoms with Crippen LogP contribution < -0.4 is 11.1 Å².